The SMILES string of the molecule is C=C(C[C@@H](O)[C@@H](C)[C@H]1CC[C@@]2(C)C3=CC[C@H]4[C@H](C)C(=O)CC[C@]4(C)C3=CC[C@]12C)C(C)C. The Labute approximate surface area is 196 Å². The van der Waals surface area contributed by atoms with Crippen molar-refractivity contribution in [1.29, 1.82) is 0 Å². The number of allylic oxidation sites excluding steroid dienone is 4. The van der Waals surface area contributed by atoms with Gasteiger partial charge in [0.25, 0.3) is 0 Å². The van der Waals surface area contributed by atoms with Gasteiger partial charge in [-0.2, -0.15) is 0 Å². The monoisotopic (exact) mass is 438 g/mol. The van der Waals surface area contributed by atoms with Crippen LogP contribution >= 0.6 is 0 Å². The van der Waals surface area contributed by atoms with Gasteiger partial charge < -0.3 is 5.11 Å². The highest BCUT2D eigenvalue weighted by atomic mass is 16.3. The Bertz CT molecular complexity index is 862. The second-order valence-electron chi connectivity index (χ2n) is 12.8. The van der Waals surface area contributed by atoms with Gasteiger partial charge >= 0.3 is 0 Å². The first-order valence-corrected chi connectivity index (χ1v) is 13.2. The van der Waals surface area contributed by atoms with E-state index in [1.54, 1.807) is 11.1 Å². The van der Waals surface area contributed by atoms with Gasteiger partial charge in [0.2, 0.25) is 0 Å². The normalized spacial score (nSPS) is 43.0. The Kier molecular flexibility index (Phi) is 5.97. The number of ketones is 1. The third-order valence-electron chi connectivity index (χ3n) is 11.2. The summed E-state index contributed by atoms with van der Waals surface area (Å²) in [7, 11) is 0. The molecule has 2 fully saturated rings. The van der Waals surface area contributed by atoms with Gasteiger partial charge in [0, 0.05) is 12.3 Å². The number of aliphatic hydroxyl groups is 1. The molecule has 0 aromatic heterocycles. The molecule has 4 aliphatic rings. The van der Waals surface area contributed by atoms with E-state index in [1.165, 1.54) is 12.8 Å². The maximum atomic E-state index is 12.5. The molecule has 0 saturated heterocycles. The van der Waals surface area contributed by atoms with E-state index in [9.17, 15) is 9.90 Å². The first kappa shape index (κ1) is 24.0. The zero-order valence-corrected chi connectivity index (χ0v) is 21.6. The fraction of sp³-hybridized carbons (Fsp3) is 0.767. The summed E-state index contributed by atoms with van der Waals surface area (Å²) in [6.45, 7) is 20.5. The first-order valence-electron chi connectivity index (χ1n) is 13.2. The van der Waals surface area contributed by atoms with E-state index in [4.69, 9.17) is 0 Å². The standard InChI is InChI=1S/C30H46O2/c1-18(2)19(3)17-27(32)21(5)23-11-15-30(8)25-10-9-22-20(4)26(31)13-14-28(22,6)24(25)12-16-29(23,30)7/h10,12,18,20-23,27,32H,3,9,11,13-17H2,1-2,4-8H3/t20-,21-,22-,23+,27+,28-,29+,30-/m0/s1. The van der Waals surface area contributed by atoms with Crippen molar-refractivity contribution < 1.29 is 9.90 Å². The van der Waals surface area contributed by atoms with Gasteiger partial charge in [-0.25, -0.2) is 0 Å². The molecule has 32 heavy (non-hydrogen) atoms. The van der Waals surface area contributed by atoms with Crippen LogP contribution in [-0.2, 0) is 4.79 Å². The van der Waals surface area contributed by atoms with Crippen LogP contribution in [0.4, 0.5) is 0 Å². The smallest absolute Gasteiger partial charge is 0.136 e. The Morgan fingerprint density at radius 1 is 1.16 bits per heavy atom. The Balaban J connectivity index is 1.64. The Morgan fingerprint density at radius 3 is 2.50 bits per heavy atom. The fourth-order valence-corrected chi connectivity index (χ4v) is 8.29. The van der Waals surface area contributed by atoms with E-state index in [0.717, 1.165) is 37.7 Å². The molecule has 0 unspecified atom stereocenters. The van der Waals surface area contributed by atoms with Gasteiger partial charge in [0.1, 0.15) is 5.78 Å². The molecule has 4 rings (SSSR count). The molecule has 0 bridgehead atoms. The summed E-state index contributed by atoms with van der Waals surface area (Å²) in [6, 6.07) is 0. The second-order valence-corrected chi connectivity index (χ2v) is 12.8. The van der Waals surface area contributed by atoms with Crippen molar-refractivity contribution in [3.05, 3.63) is 35.5 Å². The second kappa shape index (κ2) is 7.97. The lowest BCUT2D eigenvalue weighted by Crippen LogP contribution is -2.50. The quantitative estimate of drug-likeness (QED) is 0.458. The highest BCUT2D eigenvalue weighted by Gasteiger charge is 2.62. The molecule has 0 amide bonds. The van der Waals surface area contributed by atoms with Crippen molar-refractivity contribution in [3.63, 3.8) is 0 Å². The molecule has 0 aromatic rings. The van der Waals surface area contributed by atoms with Crippen LogP contribution in [0.1, 0.15) is 93.4 Å². The highest BCUT2D eigenvalue weighted by Crippen LogP contribution is 2.70. The van der Waals surface area contributed by atoms with E-state index in [1.807, 2.05) is 0 Å². The number of fused-ring (bicyclic) bond motifs is 5. The maximum Gasteiger partial charge on any atom is 0.136 e. The zero-order chi connectivity index (χ0) is 23.6. The average Bonchev–Trinajstić information content (AvgIpc) is 3.01. The molecule has 0 spiro atoms. The lowest BCUT2D eigenvalue weighted by atomic mass is 9.46. The van der Waals surface area contributed by atoms with Crippen LogP contribution in [-0.4, -0.2) is 17.0 Å². The molecule has 2 saturated carbocycles. The number of hydrogen-bond donors (Lipinski definition) is 1. The summed E-state index contributed by atoms with van der Waals surface area (Å²) in [5.74, 6) is 2.29. The number of aliphatic hydroxyl groups excluding tert-OH is 1. The van der Waals surface area contributed by atoms with Crippen LogP contribution in [0, 0.1) is 45.8 Å². The third-order valence-corrected chi connectivity index (χ3v) is 11.2. The highest BCUT2D eigenvalue weighted by molar-refractivity contribution is 5.82. The average molecular weight is 439 g/mol. The van der Waals surface area contributed by atoms with E-state index in [-0.39, 0.29) is 34.2 Å². The van der Waals surface area contributed by atoms with Crippen LogP contribution < -0.4 is 0 Å². The summed E-state index contributed by atoms with van der Waals surface area (Å²) in [6.07, 6.45) is 11.8. The summed E-state index contributed by atoms with van der Waals surface area (Å²) in [5.41, 5.74) is 4.78. The minimum atomic E-state index is -0.313. The third kappa shape index (κ3) is 3.26. The number of rotatable bonds is 5. The molecule has 178 valence electrons. The van der Waals surface area contributed by atoms with Crippen LogP contribution in [0.25, 0.3) is 0 Å². The molecule has 2 heteroatoms. The molecule has 4 aliphatic carbocycles. The summed E-state index contributed by atoms with van der Waals surface area (Å²) >= 11 is 0. The van der Waals surface area contributed by atoms with Crippen molar-refractivity contribution in [2.45, 2.75) is 99.5 Å². The number of carbonyl (C=O) groups excluding carboxylic acids is 1. The molecule has 2 nitrogen and oxygen atoms in total. The topological polar surface area (TPSA) is 37.3 Å². The molecular formula is C30H46O2. The fourth-order valence-electron chi connectivity index (χ4n) is 8.29. The first-order chi connectivity index (χ1) is 14.9. The predicted octanol–water partition coefficient (Wildman–Crippen LogP) is 7.29. The van der Waals surface area contributed by atoms with Gasteiger partial charge in [-0.1, -0.05) is 72.8 Å². The zero-order valence-electron chi connectivity index (χ0n) is 21.6. The van der Waals surface area contributed by atoms with E-state index >= 15 is 0 Å². The minimum absolute atomic E-state index is 0.139. The molecule has 1 N–H and O–H groups in total. The summed E-state index contributed by atoms with van der Waals surface area (Å²) in [4.78, 5) is 12.5. The Morgan fingerprint density at radius 2 is 1.84 bits per heavy atom. The van der Waals surface area contributed by atoms with Crippen molar-refractivity contribution >= 4 is 5.78 Å². The van der Waals surface area contributed by atoms with Crippen LogP contribution in [0.15, 0.2) is 35.5 Å². The number of Topliss-reactive ketones (excluding diaryl/α,β-unsaturated/α-hetero) is 1. The largest absolute Gasteiger partial charge is 0.393 e. The van der Waals surface area contributed by atoms with Gasteiger partial charge in [0.05, 0.1) is 6.10 Å². The lowest BCUT2D eigenvalue weighted by Gasteiger charge is -2.58. The summed E-state index contributed by atoms with van der Waals surface area (Å²) < 4.78 is 0. The Hall–Kier alpha value is -1.15. The van der Waals surface area contributed by atoms with Crippen molar-refractivity contribution in [2.75, 3.05) is 0 Å². The van der Waals surface area contributed by atoms with E-state index in [2.05, 4.69) is 67.2 Å². The maximum absolute atomic E-state index is 12.5. The molecule has 0 heterocycles. The minimum Gasteiger partial charge on any atom is -0.393 e. The summed E-state index contributed by atoms with van der Waals surface area (Å²) in [5, 5.41) is 11.1. The molecule has 8 atom stereocenters. The van der Waals surface area contributed by atoms with Gasteiger partial charge in [-0.05, 0) is 89.6 Å². The van der Waals surface area contributed by atoms with Crippen LogP contribution in [0.3, 0.4) is 0 Å². The van der Waals surface area contributed by atoms with Crippen molar-refractivity contribution in [1.82, 2.24) is 0 Å². The van der Waals surface area contributed by atoms with Crippen LogP contribution in [0.2, 0.25) is 0 Å². The molecule has 0 radical (unpaired) electrons. The molecule has 0 aromatic carbocycles. The van der Waals surface area contributed by atoms with E-state index in [0.29, 0.717) is 23.5 Å². The predicted molar refractivity (Wildman–Crippen MR) is 133 cm³/mol. The van der Waals surface area contributed by atoms with Gasteiger partial charge in [-0.3, -0.25) is 4.79 Å². The van der Waals surface area contributed by atoms with Crippen LogP contribution in [0.5, 0.6) is 0 Å². The van der Waals surface area contributed by atoms with Gasteiger partial charge in [-0.15, -0.1) is 0 Å². The van der Waals surface area contributed by atoms with Gasteiger partial charge in [0.15, 0.2) is 0 Å². The number of hydrogen-bond acceptors (Lipinski definition) is 2. The lowest BCUT2D eigenvalue weighted by molar-refractivity contribution is -0.129. The number of carbonyl (C=O) groups is 1. The van der Waals surface area contributed by atoms with Crippen molar-refractivity contribution in [3.8, 4) is 0 Å². The molecule has 0 aliphatic heterocycles. The van der Waals surface area contributed by atoms with Crippen molar-refractivity contribution in [2.24, 2.45) is 45.8 Å². The molecular weight excluding hydrogens is 392 g/mol. The van der Waals surface area contributed by atoms with E-state index < -0.39 is 0 Å².